The van der Waals surface area contributed by atoms with Gasteiger partial charge in [-0.3, -0.25) is 0 Å². The topological polar surface area (TPSA) is 72.1 Å². The average molecular weight is 517 g/mol. The first kappa shape index (κ1) is 23.8. The molecule has 5 aromatic rings. The number of methoxy groups -OCH3 is 1. The number of para-hydroxylation sites is 1. The van der Waals surface area contributed by atoms with E-state index in [4.69, 9.17) is 4.74 Å². The lowest BCUT2D eigenvalue weighted by Gasteiger charge is -2.21. The van der Waals surface area contributed by atoms with Crippen molar-refractivity contribution in [3.8, 4) is 23.1 Å². The van der Waals surface area contributed by atoms with Crippen LogP contribution >= 0.6 is 0 Å². The minimum Gasteiger partial charge on any atom is -0.497 e. The third kappa shape index (κ3) is 3.71. The van der Waals surface area contributed by atoms with E-state index in [2.05, 4.69) is 12.1 Å². The molecule has 0 fully saturated rings. The first-order chi connectivity index (χ1) is 18.5. The van der Waals surface area contributed by atoms with E-state index < -0.39 is 10.0 Å². The third-order valence-electron chi connectivity index (χ3n) is 7.12. The van der Waals surface area contributed by atoms with Gasteiger partial charge >= 0.3 is 0 Å². The lowest BCUT2D eigenvalue weighted by molar-refractivity contribution is 0.414. The molecule has 0 bridgehead atoms. The van der Waals surface area contributed by atoms with Gasteiger partial charge in [0.2, 0.25) is 0 Å². The van der Waals surface area contributed by atoms with Crippen LogP contribution in [-0.2, 0) is 16.4 Å². The number of rotatable bonds is 5. The molecule has 0 radical (unpaired) electrons. The summed E-state index contributed by atoms with van der Waals surface area (Å²) in [7, 11) is -2.47. The summed E-state index contributed by atoms with van der Waals surface area (Å²) in [4.78, 5) is 0.159. The van der Waals surface area contributed by atoms with Crippen molar-refractivity contribution in [2.75, 3.05) is 7.11 Å². The molecule has 0 unspecified atom stereocenters. The highest BCUT2D eigenvalue weighted by molar-refractivity contribution is 7.90. The summed E-state index contributed by atoms with van der Waals surface area (Å²) in [6, 6.07) is 33.9. The van der Waals surface area contributed by atoms with Crippen molar-refractivity contribution < 1.29 is 13.2 Å². The Morgan fingerprint density at radius 1 is 0.816 bits per heavy atom. The largest absolute Gasteiger partial charge is 0.497 e. The molecule has 186 valence electrons. The van der Waals surface area contributed by atoms with Gasteiger partial charge in [0.15, 0.2) is 0 Å². The number of ether oxygens (including phenoxy) is 1. The van der Waals surface area contributed by atoms with E-state index in [0.717, 1.165) is 39.6 Å². The molecule has 0 amide bonds. The first-order valence-electron chi connectivity index (χ1n) is 12.3. The van der Waals surface area contributed by atoms with E-state index >= 15 is 0 Å². The zero-order valence-corrected chi connectivity index (χ0v) is 21.6. The smallest absolute Gasteiger partial charge is 0.268 e. The fraction of sp³-hybridized carbons (Fsp3) is 0.0938. The van der Waals surface area contributed by atoms with Crippen molar-refractivity contribution in [1.82, 2.24) is 3.97 Å². The second-order valence-corrected chi connectivity index (χ2v) is 11.0. The fourth-order valence-corrected chi connectivity index (χ4v) is 6.93. The highest BCUT2D eigenvalue weighted by Crippen LogP contribution is 2.46. The monoisotopic (exact) mass is 516 g/mol. The van der Waals surface area contributed by atoms with E-state index in [1.165, 1.54) is 3.97 Å². The first-order valence-corrected chi connectivity index (χ1v) is 13.8. The molecule has 5 nitrogen and oxygen atoms in total. The zero-order chi connectivity index (χ0) is 26.3. The Balaban J connectivity index is 1.75. The SMILES string of the molecule is COc1ccc(S(=O)(=O)n2c(-c3ccccc3)c(C3=C(C#N)c4ccccc4CC3)c3ccccc32)cc1. The summed E-state index contributed by atoms with van der Waals surface area (Å²) >= 11 is 0. The molecule has 6 heteroatoms. The lowest BCUT2D eigenvalue weighted by Crippen LogP contribution is -2.15. The van der Waals surface area contributed by atoms with Crippen LogP contribution < -0.4 is 4.74 Å². The van der Waals surface area contributed by atoms with Crippen LogP contribution in [0.3, 0.4) is 0 Å². The van der Waals surface area contributed by atoms with Gasteiger partial charge in [-0.1, -0.05) is 72.8 Å². The second kappa shape index (κ2) is 9.37. The molecule has 0 N–H and O–H groups in total. The number of nitriles is 1. The van der Waals surface area contributed by atoms with Crippen LogP contribution in [0.1, 0.15) is 23.1 Å². The number of hydrogen-bond donors (Lipinski definition) is 0. The quantitative estimate of drug-likeness (QED) is 0.254. The number of nitrogens with zero attached hydrogens (tertiary/aromatic N) is 2. The normalized spacial score (nSPS) is 13.3. The van der Waals surface area contributed by atoms with Gasteiger partial charge in [-0.25, -0.2) is 12.4 Å². The molecule has 1 aliphatic carbocycles. The molecular weight excluding hydrogens is 492 g/mol. The molecule has 0 aliphatic heterocycles. The summed E-state index contributed by atoms with van der Waals surface area (Å²) in [5.41, 5.74) is 6.17. The molecule has 0 spiro atoms. The fourth-order valence-electron chi connectivity index (χ4n) is 5.38. The Bertz CT molecular complexity index is 1860. The summed E-state index contributed by atoms with van der Waals surface area (Å²) in [5, 5.41) is 11.1. The maximum atomic E-state index is 14.3. The number of allylic oxidation sites excluding steroid dienone is 2. The van der Waals surface area contributed by atoms with E-state index in [0.29, 0.717) is 29.0 Å². The molecule has 1 aliphatic rings. The van der Waals surface area contributed by atoms with Crippen molar-refractivity contribution in [3.63, 3.8) is 0 Å². The number of fused-ring (bicyclic) bond motifs is 2. The Morgan fingerprint density at radius 3 is 2.24 bits per heavy atom. The Hall–Kier alpha value is -4.60. The van der Waals surface area contributed by atoms with E-state index in [9.17, 15) is 13.7 Å². The highest BCUT2D eigenvalue weighted by Gasteiger charge is 2.31. The highest BCUT2D eigenvalue weighted by atomic mass is 32.2. The Kier molecular flexibility index (Phi) is 5.86. The molecule has 0 saturated heterocycles. The predicted molar refractivity (Wildman–Crippen MR) is 150 cm³/mol. The minimum absolute atomic E-state index is 0.159. The van der Waals surface area contributed by atoms with Crippen LogP contribution in [0.2, 0.25) is 0 Å². The summed E-state index contributed by atoms with van der Waals surface area (Å²) in [6.45, 7) is 0. The maximum absolute atomic E-state index is 14.3. The van der Waals surface area contributed by atoms with E-state index in [1.54, 1.807) is 31.4 Å². The van der Waals surface area contributed by atoms with Crippen LogP contribution in [-0.4, -0.2) is 19.5 Å². The molecule has 0 atom stereocenters. The number of hydrogen-bond acceptors (Lipinski definition) is 4. The third-order valence-corrected chi connectivity index (χ3v) is 8.85. The van der Waals surface area contributed by atoms with Crippen LogP contribution in [0.5, 0.6) is 5.75 Å². The molecule has 4 aromatic carbocycles. The number of benzene rings is 4. The van der Waals surface area contributed by atoms with Gasteiger partial charge in [0, 0.05) is 10.9 Å². The predicted octanol–water partition coefficient (Wildman–Crippen LogP) is 6.93. The van der Waals surface area contributed by atoms with Gasteiger partial charge in [-0.2, -0.15) is 5.26 Å². The second-order valence-electron chi connectivity index (χ2n) is 9.17. The van der Waals surface area contributed by atoms with E-state index in [1.807, 2.05) is 72.8 Å². The van der Waals surface area contributed by atoms with Gasteiger partial charge < -0.3 is 4.74 Å². The van der Waals surface area contributed by atoms with Crippen molar-refractivity contribution in [2.24, 2.45) is 0 Å². The van der Waals surface area contributed by atoms with Gasteiger partial charge in [-0.05, 0) is 65.4 Å². The average Bonchev–Trinajstić information content (AvgIpc) is 3.33. The van der Waals surface area contributed by atoms with Crippen LogP contribution in [0, 0.1) is 11.3 Å². The van der Waals surface area contributed by atoms with Crippen LogP contribution in [0.25, 0.3) is 33.3 Å². The molecule has 6 rings (SSSR count). The Morgan fingerprint density at radius 2 is 1.50 bits per heavy atom. The number of aromatic nitrogens is 1. The summed E-state index contributed by atoms with van der Waals surface area (Å²) in [5.74, 6) is 0.579. The molecule has 1 heterocycles. The molecule has 1 aromatic heterocycles. The van der Waals surface area contributed by atoms with Crippen LogP contribution in [0.4, 0.5) is 0 Å². The van der Waals surface area contributed by atoms with Crippen molar-refractivity contribution in [3.05, 3.63) is 120 Å². The van der Waals surface area contributed by atoms with E-state index in [-0.39, 0.29) is 4.90 Å². The standard InChI is InChI=1S/C32H24N2O3S/c1-37-24-16-18-25(19-17-24)38(35,36)34-30-14-8-7-13-28(30)31(32(34)23-10-3-2-4-11-23)27-20-15-22-9-5-6-12-26(22)29(27)21-33/h2-14,16-19H,15,20H2,1H3. The summed E-state index contributed by atoms with van der Waals surface area (Å²) < 4.78 is 35.3. The lowest BCUT2D eigenvalue weighted by atomic mass is 9.82. The van der Waals surface area contributed by atoms with Crippen molar-refractivity contribution in [1.29, 1.82) is 5.26 Å². The zero-order valence-electron chi connectivity index (χ0n) is 20.8. The number of aryl methyl sites for hydroxylation is 1. The molecule has 38 heavy (non-hydrogen) atoms. The molecule has 0 saturated carbocycles. The van der Waals surface area contributed by atoms with Crippen LogP contribution in [0.15, 0.2) is 108 Å². The van der Waals surface area contributed by atoms with Gasteiger partial charge in [0.1, 0.15) is 11.8 Å². The van der Waals surface area contributed by atoms with Gasteiger partial charge in [0.05, 0.1) is 28.8 Å². The Labute approximate surface area is 221 Å². The van der Waals surface area contributed by atoms with Gasteiger partial charge in [0.25, 0.3) is 10.0 Å². The van der Waals surface area contributed by atoms with Gasteiger partial charge in [-0.15, -0.1) is 0 Å². The molecular formula is C32H24N2O3S. The van der Waals surface area contributed by atoms with Crippen molar-refractivity contribution >= 4 is 32.1 Å². The minimum atomic E-state index is -4.02. The summed E-state index contributed by atoms with van der Waals surface area (Å²) in [6.07, 6.45) is 1.41. The van der Waals surface area contributed by atoms with Crippen molar-refractivity contribution in [2.45, 2.75) is 17.7 Å². The maximum Gasteiger partial charge on any atom is 0.268 e.